The highest BCUT2D eigenvalue weighted by Crippen LogP contribution is 2.18. The topological polar surface area (TPSA) is 18.5 Å². The lowest BCUT2D eigenvalue weighted by Gasteiger charge is -2.20. The van der Waals surface area contributed by atoms with Crippen molar-refractivity contribution >= 4 is 20.9 Å². The zero-order valence-corrected chi connectivity index (χ0v) is 10.8. The van der Waals surface area contributed by atoms with Gasteiger partial charge < -0.3 is 8.85 Å². The summed E-state index contributed by atoms with van der Waals surface area (Å²) in [6.07, 6.45) is 2.19. The number of hydrogen-bond acceptors (Lipinski definition) is 2. The molecule has 80 valence electrons. The van der Waals surface area contributed by atoms with Gasteiger partial charge in [0, 0.05) is 19.1 Å². The fourth-order valence-electron chi connectivity index (χ4n) is 1.24. The molecule has 0 radical (unpaired) electrons. The molecule has 0 N–H and O–H groups in total. The van der Waals surface area contributed by atoms with Crippen LogP contribution >= 0.6 is 11.6 Å². The molecular weight excluding hydrogens is 204 g/mol. The summed E-state index contributed by atoms with van der Waals surface area (Å²) in [6.45, 7) is 7.78. The number of halogens is 1. The van der Waals surface area contributed by atoms with Crippen molar-refractivity contribution in [3.63, 3.8) is 0 Å². The van der Waals surface area contributed by atoms with Crippen molar-refractivity contribution in [1.82, 2.24) is 0 Å². The third kappa shape index (κ3) is 6.49. The summed E-state index contributed by atoms with van der Waals surface area (Å²) in [6, 6.07) is 0. The third-order valence-corrected chi connectivity index (χ3v) is 4.77. The minimum Gasteiger partial charge on any atom is -0.397 e. The van der Waals surface area contributed by atoms with E-state index in [1.165, 1.54) is 0 Å². The Morgan fingerprint density at radius 2 is 1.77 bits per heavy atom. The summed E-state index contributed by atoms with van der Waals surface area (Å²) in [7, 11) is -1.42. The highest BCUT2D eigenvalue weighted by molar-refractivity contribution is 6.46. The first-order valence-corrected chi connectivity index (χ1v) is 7.19. The number of rotatable bonds is 8. The summed E-state index contributed by atoms with van der Waals surface area (Å²) >= 11 is 5.64. The van der Waals surface area contributed by atoms with Gasteiger partial charge in [0.15, 0.2) is 0 Å². The Kier molecular flexibility index (Phi) is 9.30. The predicted molar refractivity (Wildman–Crippen MR) is 59.8 cm³/mol. The maximum Gasteiger partial charge on any atom is 0.324 e. The minimum atomic E-state index is -1.42. The van der Waals surface area contributed by atoms with Gasteiger partial charge in [-0.25, -0.2) is 0 Å². The molecule has 0 bridgehead atoms. The van der Waals surface area contributed by atoms with Crippen LogP contribution in [-0.4, -0.2) is 28.4 Å². The quantitative estimate of drug-likeness (QED) is 0.466. The molecule has 0 fully saturated rings. The van der Waals surface area contributed by atoms with E-state index in [-0.39, 0.29) is 0 Å². The molecule has 0 aromatic carbocycles. The van der Waals surface area contributed by atoms with Crippen molar-refractivity contribution < 1.29 is 8.85 Å². The lowest BCUT2D eigenvalue weighted by molar-refractivity contribution is 0.204. The monoisotopic (exact) mass is 224 g/mol. The molecule has 1 unspecified atom stereocenters. The Morgan fingerprint density at radius 1 is 1.23 bits per heavy atom. The molecule has 0 aliphatic heterocycles. The van der Waals surface area contributed by atoms with Crippen molar-refractivity contribution in [2.75, 3.05) is 19.1 Å². The fourth-order valence-corrected chi connectivity index (χ4v) is 3.31. The van der Waals surface area contributed by atoms with Gasteiger partial charge in [-0.2, -0.15) is 0 Å². The Labute approximate surface area is 88.4 Å². The Balaban J connectivity index is 3.72. The Hall–Kier alpha value is 0.427. The van der Waals surface area contributed by atoms with Crippen LogP contribution in [0.5, 0.6) is 0 Å². The van der Waals surface area contributed by atoms with E-state index in [0.717, 1.165) is 31.9 Å². The largest absolute Gasteiger partial charge is 0.397 e. The molecule has 0 saturated carbocycles. The molecule has 0 rings (SSSR count). The van der Waals surface area contributed by atoms with E-state index in [4.69, 9.17) is 20.5 Å². The molecule has 13 heavy (non-hydrogen) atoms. The molecule has 1 atom stereocenters. The van der Waals surface area contributed by atoms with Crippen molar-refractivity contribution in [2.24, 2.45) is 0 Å². The van der Waals surface area contributed by atoms with E-state index < -0.39 is 9.28 Å². The average Bonchev–Trinajstić information content (AvgIpc) is 2.14. The summed E-state index contributed by atoms with van der Waals surface area (Å²) < 4.78 is 11.2. The first kappa shape index (κ1) is 13.4. The SMILES string of the molecule is CCO[SiH](OCC)C(C)CCCCl. The van der Waals surface area contributed by atoms with Gasteiger partial charge in [0.1, 0.15) is 0 Å². The van der Waals surface area contributed by atoms with E-state index in [1.54, 1.807) is 0 Å². The van der Waals surface area contributed by atoms with Crippen LogP contribution in [0.4, 0.5) is 0 Å². The fraction of sp³-hybridized carbons (Fsp3) is 1.00. The zero-order valence-electron chi connectivity index (χ0n) is 8.88. The van der Waals surface area contributed by atoms with Gasteiger partial charge >= 0.3 is 9.28 Å². The van der Waals surface area contributed by atoms with Gasteiger partial charge in [0.2, 0.25) is 0 Å². The standard InChI is InChI=1S/C9H21ClO2Si/c1-4-11-13(12-5-2)9(3)7-6-8-10/h9,13H,4-8H2,1-3H3. The maximum absolute atomic E-state index is 5.64. The number of alkyl halides is 1. The van der Waals surface area contributed by atoms with Crippen LogP contribution in [0.15, 0.2) is 0 Å². The maximum atomic E-state index is 5.64. The molecule has 0 spiro atoms. The normalized spacial score (nSPS) is 13.6. The Morgan fingerprint density at radius 3 is 2.15 bits per heavy atom. The molecule has 0 aromatic rings. The molecule has 0 amide bonds. The molecule has 0 aliphatic rings. The van der Waals surface area contributed by atoms with Gasteiger partial charge in [0.05, 0.1) is 0 Å². The van der Waals surface area contributed by atoms with E-state index in [0.29, 0.717) is 5.54 Å². The van der Waals surface area contributed by atoms with Crippen LogP contribution in [0.2, 0.25) is 5.54 Å². The highest BCUT2D eigenvalue weighted by atomic mass is 35.5. The molecule has 2 nitrogen and oxygen atoms in total. The molecule has 0 aliphatic carbocycles. The first-order valence-electron chi connectivity index (χ1n) is 5.05. The Bertz CT molecular complexity index is 108. The lowest BCUT2D eigenvalue weighted by atomic mass is 10.3. The summed E-state index contributed by atoms with van der Waals surface area (Å²) in [5.41, 5.74) is 0.568. The van der Waals surface area contributed by atoms with Crippen LogP contribution in [-0.2, 0) is 8.85 Å². The minimum absolute atomic E-state index is 0.568. The predicted octanol–water partition coefficient (Wildman–Crippen LogP) is 2.69. The van der Waals surface area contributed by atoms with Crippen molar-refractivity contribution in [3.05, 3.63) is 0 Å². The summed E-state index contributed by atoms with van der Waals surface area (Å²) in [4.78, 5) is 0. The van der Waals surface area contributed by atoms with Gasteiger partial charge in [-0.3, -0.25) is 0 Å². The first-order chi connectivity index (χ1) is 6.26. The zero-order chi connectivity index (χ0) is 10.1. The van der Waals surface area contributed by atoms with E-state index in [2.05, 4.69) is 6.92 Å². The summed E-state index contributed by atoms with van der Waals surface area (Å²) in [5, 5.41) is 0. The van der Waals surface area contributed by atoms with E-state index in [9.17, 15) is 0 Å². The average molecular weight is 225 g/mol. The van der Waals surface area contributed by atoms with Gasteiger partial charge in [-0.05, 0) is 32.2 Å². The third-order valence-electron chi connectivity index (χ3n) is 1.92. The molecule has 4 heteroatoms. The molecule has 0 saturated heterocycles. The van der Waals surface area contributed by atoms with Crippen molar-refractivity contribution in [1.29, 1.82) is 0 Å². The van der Waals surface area contributed by atoms with E-state index >= 15 is 0 Å². The summed E-state index contributed by atoms with van der Waals surface area (Å²) in [5.74, 6) is 0.740. The van der Waals surface area contributed by atoms with Gasteiger partial charge in [-0.1, -0.05) is 6.92 Å². The molecule has 0 aromatic heterocycles. The second kappa shape index (κ2) is 9.00. The van der Waals surface area contributed by atoms with Gasteiger partial charge in [-0.15, -0.1) is 11.6 Å². The number of hydrogen-bond donors (Lipinski definition) is 0. The van der Waals surface area contributed by atoms with Crippen LogP contribution < -0.4 is 0 Å². The van der Waals surface area contributed by atoms with Gasteiger partial charge in [0.25, 0.3) is 0 Å². The molecular formula is C9H21ClO2Si. The highest BCUT2D eigenvalue weighted by Gasteiger charge is 2.20. The smallest absolute Gasteiger partial charge is 0.324 e. The van der Waals surface area contributed by atoms with E-state index in [1.807, 2.05) is 13.8 Å². The van der Waals surface area contributed by atoms with Crippen LogP contribution in [0.25, 0.3) is 0 Å². The van der Waals surface area contributed by atoms with Crippen LogP contribution in [0.3, 0.4) is 0 Å². The second-order valence-electron chi connectivity index (χ2n) is 3.09. The lowest BCUT2D eigenvalue weighted by Crippen LogP contribution is -2.27. The second-order valence-corrected chi connectivity index (χ2v) is 6.01. The molecule has 0 heterocycles. The van der Waals surface area contributed by atoms with Crippen LogP contribution in [0, 0.1) is 0 Å². The van der Waals surface area contributed by atoms with Crippen molar-refractivity contribution in [2.45, 2.75) is 39.2 Å². The van der Waals surface area contributed by atoms with Crippen molar-refractivity contribution in [3.8, 4) is 0 Å². The van der Waals surface area contributed by atoms with Crippen LogP contribution in [0.1, 0.15) is 33.6 Å².